The van der Waals surface area contributed by atoms with Gasteiger partial charge in [-0.15, -0.1) is 0 Å². The number of rotatable bonds is 3. The lowest BCUT2D eigenvalue weighted by Gasteiger charge is -2.46. The molecule has 0 N–H and O–H groups in total. The molecule has 0 amide bonds. The van der Waals surface area contributed by atoms with E-state index in [1.54, 1.807) is 0 Å². The summed E-state index contributed by atoms with van der Waals surface area (Å²) < 4.78 is 2.52. The van der Waals surface area contributed by atoms with Gasteiger partial charge in [-0.1, -0.05) is 58.7 Å². The van der Waals surface area contributed by atoms with Crippen LogP contribution >= 0.6 is 0 Å². The number of anilines is 6. The van der Waals surface area contributed by atoms with Gasteiger partial charge in [-0.3, -0.25) is 0 Å². The van der Waals surface area contributed by atoms with E-state index in [1.807, 2.05) is 0 Å². The van der Waals surface area contributed by atoms with Crippen LogP contribution in [-0.2, 0) is 0 Å². The van der Waals surface area contributed by atoms with Crippen LogP contribution < -0.4 is 26.2 Å². The SMILES string of the molecule is Cc1cc(C)cc(N2c3cc(C)cc(C)c3B3c4c(C)cc(C)cc4N(c4cc(C)cc(C)c4)c4cc(-n5c6ccc(C)cc6c6cc(C)ccc65)cc2c43)c1. The van der Waals surface area contributed by atoms with Crippen molar-refractivity contribution in [1.29, 1.82) is 0 Å². The molecule has 0 saturated carbocycles. The molecular formula is C52H48BN3. The highest BCUT2D eigenvalue weighted by atomic mass is 15.2. The maximum atomic E-state index is 2.59. The molecule has 0 saturated heterocycles. The minimum atomic E-state index is 0.0630. The van der Waals surface area contributed by atoms with Crippen LogP contribution in [0, 0.1) is 69.2 Å². The molecular weight excluding hydrogens is 677 g/mol. The first-order valence-corrected chi connectivity index (χ1v) is 20.0. The van der Waals surface area contributed by atoms with Gasteiger partial charge in [0.15, 0.2) is 0 Å². The summed E-state index contributed by atoms with van der Waals surface area (Å²) in [6.45, 7) is 22.5. The number of aromatic nitrogens is 1. The number of benzene rings is 7. The molecule has 3 heterocycles. The van der Waals surface area contributed by atoms with Crippen LogP contribution in [0.4, 0.5) is 34.1 Å². The fourth-order valence-electron chi connectivity index (χ4n) is 10.4. The second-order valence-corrected chi connectivity index (χ2v) is 17.1. The Labute approximate surface area is 331 Å². The lowest BCUT2D eigenvalue weighted by molar-refractivity contribution is 1.15. The largest absolute Gasteiger partial charge is 0.311 e. The molecule has 4 heteroatoms. The van der Waals surface area contributed by atoms with Crippen molar-refractivity contribution in [2.75, 3.05) is 9.80 Å². The molecule has 2 aliphatic rings. The number of hydrogen-bond acceptors (Lipinski definition) is 2. The molecule has 0 fully saturated rings. The summed E-state index contributed by atoms with van der Waals surface area (Å²) >= 11 is 0. The van der Waals surface area contributed by atoms with E-state index in [2.05, 4.69) is 193 Å². The average Bonchev–Trinajstić information content (AvgIpc) is 3.42. The second-order valence-electron chi connectivity index (χ2n) is 17.1. The Hall–Kier alpha value is -6.00. The smallest absolute Gasteiger partial charge is 0.252 e. The van der Waals surface area contributed by atoms with E-state index in [0.29, 0.717) is 0 Å². The molecule has 0 radical (unpaired) electrons. The van der Waals surface area contributed by atoms with Crippen molar-refractivity contribution in [3.63, 3.8) is 0 Å². The molecule has 10 rings (SSSR count). The number of nitrogens with zero attached hydrogens (tertiary/aromatic N) is 3. The lowest BCUT2D eigenvalue weighted by atomic mass is 9.32. The van der Waals surface area contributed by atoms with Gasteiger partial charge in [-0.05, 0) is 192 Å². The fourth-order valence-corrected chi connectivity index (χ4v) is 10.4. The van der Waals surface area contributed by atoms with Crippen molar-refractivity contribution in [3.05, 3.63) is 165 Å². The summed E-state index contributed by atoms with van der Waals surface area (Å²) in [7, 11) is 0. The number of aryl methyl sites for hydroxylation is 10. The van der Waals surface area contributed by atoms with Gasteiger partial charge in [0.1, 0.15) is 0 Å². The summed E-state index contributed by atoms with van der Waals surface area (Å²) in [5, 5.41) is 2.58. The van der Waals surface area contributed by atoms with Crippen LogP contribution in [0.1, 0.15) is 55.6 Å². The Kier molecular flexibility index (Phi) is 7.55. The van der Waals surface area contributed by atoms with Crippen molar-refractivity contribution in [3.8, 4) is 5.69 Å². The summed E-state index contributed by atoms with van der Waals surface area (Å²) in [4.78, 5) is 5.18. The minimum Gasteiger partial charge on any atom is -0.311 e. The van der Waals surface area contributed by atoms with Crippen molar-refractivity contribution in [2.24, 2.45) is 0 Å². The van der Waals surface area contributed by atoms with E-state index in [0.717, 1.165) is 5.69 Å². The Morgan fingerprint density at radius 1 is 0.321 bits per heavy atom. The van der Waals surface area contributed by atoms with Crippen LogP contribution in [-0.4, -0.2) is 11.3 Å². The summed E-state index contributed by atoms with van der Waals surface area (Å²) in [6, 6.07) is 42.6. The van der Waals surface area contributed by atoms with Gasteiger partial charge in [0.05, 0.1) is 16.7 Å². The lowest BCUT2D eigenvalue weighted by Crippen LogP contribution is -2.62. The van der Waals surface area contributed by atoms with E-state index < -0.39 is 0 Å². The van der Waals surface area contributed by atoms with E-state index >= 15 is 0 Å². The average molecular weight is 726 g/mol. The molecule has 56 heavy (non-hydrogen) atoms. The molecule has 0 spiro atoms. The highest BCUT2D eigenvalue weighted by Crippen LogP contribution is 2.47. The zero-order valence-corrected chi connectivity index (χ0v) is 34.3. The number of hydrogen-bond donors (Lipinski definition) is 0. The van der Waals surface area contributed by atoms with Crippen molar-refractivity contribution >= 4 is 79.0 Å². The van der Waals surface area contributed by atoms with Gasteiger partial charge in [0.25, 0.3) is 6.71 Å². The second kappa shape index (κ2) is 12.3. The standard InChI is InChI=1S/C52H48BN3/c1-29-11-13-44-42(23-29)43-24-30(2)12-14-45(43)54(44)41-27-48-52-49(28-41)56(40-21-33(5)16-34(6)22-40)47-26-36(8)18-38(10)51(47)53(52)50-37(9)17-35(7)25-46(50)55(48)39-19-31(3)15-32(4)20-39/h11-28H,1-10H3. The molecule has 2 aliphatic heterocycles. The Balaban J connectivity index is 1.42. The summed E-state index contributed by atoms with van der Waals surface area (Å²) in [5.41, 5.74) is 28.0. The Morgan fingerprint density at radius 3 is 1.11 bits per heavy atom. The van der Waals surface area contributed by atoms with Gasteiger partial charge in [-0.2, -0.15) is 0 Å². The molecule has 8 aromatic rings. The normalized spacial score (nSPS) is 13.1. The van der Waals surface area contributed by atoms with Gasteiger partial charge >= 0.3 is 0 Å². The highest BCUT2D eigenvalue weighted by Gasteiger charge is 2.45. The highest BCUT2D eigenvalue weighted by molar-refractivity contribution is 7.01. The van der Waals surface area contributed by atoms with Gasteiger partial charge < -0.3 is 14.4 Å². The van der Waals surface area contributed by atoms with Gasteiger partial charge in [0.2, 0.25) is 0 Å². The molecule has 7 aromatic carbocycles. The van der Waals surface area contributed by atoms with Gasteiger partial charge in [0, 0.05) is 44.9 Å². The third kappa shape index (κ3) is 5.11. The Bertz CT molecular complexity index is 2760. The molecule has 3 nitrogen and oxygen atoms in total. The van der Waals surface area contributed by atoms with E-state index in [9.17, 15) is 0 Å². The van der Waals surface area contributed by atoms with Crippen LogP contribution in [0.2, 0.25) is 0 Å². The number of fused-ring (bicyclic) bond motifs is 7. The van der Waals surface area contributed by atoms with Crippen molar-refractivity contribution in [1.82, 2.24) is 4.57 Å². The van der Waals surface area contributed by atoms with Crippen molar-refractivity contribution < 1.29 is 0 Å². The first-order valence-electron chi connectivity index (χ1n) is 20.0. The van der Waals surface area contributed by atoms with E-state index in [1.165, 1.54) is 128 Å². The molecule has 0 aliphatic carbocycles. The monoisotopic (exact) mass is 725 g/mol. The van der Waals surface area contributed by atoms with Crippen LogP contribution in [0.15, 0.2) is 109 Å². The third-order valence-electron chi connectivity index (χ3n) is 12.2. The zero-order chi connectivity index (χ0) is 38.9. The minimum absolute atomic E-state index is 0.0630. The predicted molar refractivity (Wildman–Crippen MR) is 242 cm³/mol. The molecule has 0 unspecified atom stereocenters. The molecule has 274 valence electrons. The van der Waals surface area contributed by atoms with Crippen LogP contribution in [0.3, 0.4) is 0 Å². The van der Waals surface area contributed by atoms with E-state index in [4.69, 9.17) is 0 Å². The first-order chi connectivity index (χ1) is 26.8. The topological polar surface area (TPSA) is 11.4 Å². The maximum Gasteiger partial charge on any atom is 0.252 e. The molecule has 0 bridgehead atoms. The maximum absolute atomic E-state index is 2.59. The van der Waals surface area contributed by atoms with Crippen LogP contribution in [0.5, 0.6) is 0 Å². The quantitative estimate of drug-likeness (QED) is 0.168. The molecule has 1 aromatic heterocycles. The van der Waals surface area contributed by atoms with E-state index in [-0.39, 0.29) is 6.71 Å². The Morgan fingerprint density at radius 2 is 0.696 bits per heavy atom. The fraction of sp³-hybridized carbons (Fsp3) is 0.192. The molecule has 0 atom stereocenters. The van der Waals surface area contributed by atoms with Crippen molar-refractivity contribution in [2.45, 2.75) is 69.2 Å². The third-order valence-corrected chi connectivity index (χ3v) is 12.2. The van der Waals surface area contributed by atoms with Crippen LogP contribution in [0.25, 0.3) is 27.5 Å². The predicted octanol–water partition coefficient (Wildman–Crippen LogP) is 12.0. The summed E-state index contributed by atoms with van der Waals surface area (Å²) in [5.74, 6) is 0. The summed E-state index contributed by atoms with van der Waals surface area (Å²) in [6.07, 6.45) is 0. The first kappa shape index (κ1) is 34.5. The zero-order valence-electron chi connectivity index (χ0n) is 34.3. The van der Waals surface area contributed by atoms with Gasteiger partial charge in [-0.25, -0.2) is 0 Å².